The molecule has 3 rings (SSSR count). The molecule has 1 aromatic carbocycles. The predicted molar refractivity (Wildman–Crippen MR) is 83.8 cm³/mol. The van der Waals surface area contributed by atoms with Crippen LogP contribution in [0.15, 0.2) is 41.2 Å². The Labute approximate surface area is 129 Å². The number of hydrogen-bond donors (Lipinski definition) is 0. The van der Waals surface area contributed by atoms with Crippen LogP contribution in [-0.4, -0.2) is 33.7 Å². The Bertz CT molecular complexity index is 760. The fourth-order valence-electron chi connectivity index (χ4n) is 2.74. The van der Waals surface area contributed by atoms with Gasteiger partial charge in [0, 0.05) is 30.6 Å². The van der Waals surface area contributed by atoms with Crippen LogP contribution in [0, 0.1) is 19.8 Å². The zero-order valence-electron chi connectivity index (χ0n) is 12.8. The topological polar surface area (TPSA) is 55.2 Å². The van der Waals surface area contributed by atoms with Gasteiger partial charge >= 0.3 is 0 Å². The van der Waals surface area contributed by atoms with Gasteiger partial charge in [0.1, 0.15) is 0 Å². The summed E-state index contributed by atoms with van der Waals surface area (Å²) in [6, 6.07) is 10.9. The second-order valence-electron chi connectivity index (χ2n) is 5.94. The second kappa shape index (κ2) is 5.75. The van der Waals surface area contributed by atoms with E-state index < -0.39 is 0 Å². The minimum Gasteiger partial charge on any atom is -0.338 e. The predicted octanol–water partition coefficient (Wildman–Crippen LogP) is 1.63. The van der Waals surface area contributed by atoms with E-state index in [-0.39, 0.29) is 11.5 Å². The number of aromatic nitrogens is 2. The summed E-state index contributed by atoms with van der Waals surface area (Å²) < 4.78 is 1.49. The van der Waals surface area contributed by atoms with Crippen molar-refractivity contribution in [2.75, 3.05) is 13.1 Å². The summed E-state index contributed by atoms with van der Waals surface area (Å²) in [7, 11) is 0. The Kier molecular flexibility index (Phi) is 3.79. The number of hydrogen-bond acceptors (Lipinski definition) is 3. The Morgan fingerprint density at radius 1 is 1.23 bits per heavy atom. The van der Waals surface area contributed by atoms with Crippen LogP contribution >= 0.6 is 0 Å². The van der Waals surface area contributed by atoms with Gasteiger partial charge in [-0.1, -0.05) is 17.7 Å². The molecule has 1 aliphatic heterocycles. The summed E-state index contributed by atoms with van der Waals surface area (Å²) in [5.41, 5.74) is 2.54. The van der Waals surface area contributed by atoms with Crippen LogP contribution < -0.4 is 5.56 Å². The van der Waals surface area contributed by atoms with Gasteiger partial charge in [-0.3, -0.25) is 9.59 Å². The normalized spacial score (nSPS) is 14.7. The first-order chi connectivity index (χ1) is 10.5. The van der Waals surface area contributed by atoms with Gasteiger partial charge in [0.15, 0.2) is 0 Å². The van der Waals surface area contributed by atoms with Crippen molar-refractivity contribution in [1.29, 1.82) is 0 Å². The van der Waals surface area contributed by atoms with Crippen LogP contribution in [0.5, 0.6) is 0 Å². The van der Waals surface area contributed by atoms with E-state index in [9.17, 15) is 9.59 Å². The Morgan fingerprint density at radius 3 is 2.73 bits per heavy atom. The SMILES string of the molecule is Cc1cccc(C(=O)N2CC(Cn3nc(C)ccc3=O)C2)c1. The highest BCUT2D eigenvalue weighted by atomic mass is 16.2. The highest BCUT2D eigenvalue weighted by Crippen LogP contribution is 2.20. The second-order valence-corrected chi connectivity index (χ2v) is 5.94. The summed E-state index contributed by atoms with van der Waals surface area (Å²) in [4.78, 5) is 25.9. The molecule has 5 heteroatoms. The fourth-order valence-corrected chi connectivity index (χ4v) is 2.74. The van der Waals surface area contributed by atoms with Gasteiger partial charge in [-0.15, -0.1) is 0 Å². The van der Waals surface area contributed by atoms with Gasteiger partial charge in [-0.2, -0.15) is 5.10 Å². The molecule has 1 aliphatic rings. The molecule has 1 saturated heterocycles. The molecule has 1 amide bonds. The van der Waals surface area contributed by atoms with E-state index in [2.05, 4.69) is 5.10 Å². The first-order valence-electron chi connectivity index (χ1n) is 7.43. The van der Waals surface area contributed by atoms with Crippen LogP contribution in [-0.2, 0) is 6.54 Å². The third kappa shape index (κ3) is 2.93. The van der Waals surface area contributed by atoms with Gasteiger partial charge in [-0.25, -0.2) is 4.68 Å². The minimum atomic E-state index is -0.0888. The molecule has 2 heterocycles. The molecular formula is C17H19N3O2. The lowest BCUT2D eigenvalue weighted by Gasteiger charge is -2.39. The van der Waals surface area contributed by atoms with Gasteiger partial charge in [0.25, 0.3) is 11.5 Å². The lowest BCUT2D eigenvalue weighted by Crippen LogP contribution is -2.52. The van der Waals surface area contributed by atoms with E-state index in [1.165, 1.54) is 10.7 Å². The Morgan fingerprint density at radius 2 is 2.00 bits per heavy atom. The quantitative estimate of drug-likeness (QED) is 0.865. The maximum atomic E-state index is 12.3. The molecule has 0 aliphatic carbocycles. The molecule has 0 saturated carbocycles. The molecule has 1 aromatic heterocycles. The Balaban J connectivity index is 1.61. The first kappa shape index (κ1) is 14.5. The molecule has 0 bridgehead atoms. The molecule has 0 radical (unpaired) electrons. The summed E-state index contributed by atoms with van der Waals surface area (Å²) in [6.45, 7) is 5.76. The van der Waals surface area contributed by atoms with E-state index in [4.69, 9.17) is 0 Å². The summed E-state index contributed by atoms with van der Waals surface area (Å²) in [5.74, 6) is 0.352. The number of carbonyl (C=O) groups is 1. The highest BCUT2D eigenvalue weighted by Gasteiger charge is 2.31. The van der Waals surface area contributed by atoms with Crippen molar-refractivity contribution < 1.29 is 4.79 Å². The molecule has 1 fully saturated rings. The number of carbonyl (C=O) groups excluding carboxylic acids is 1. The van der Waals surface area contributed by atoms with Crippen molar-refractivity contribution in [3.8, 4) is 0 Å². The summed E-state index contributed by atoms with van der Waals surface area (Å²) >= 11 is 0. The molecule has 2 aromatic rings. The van der Waals surface area contributed by atoms with Gasteiger partial charge in [0.2, 0.25) is 0 Å². The van der Waals surface area contributed by atoms with Crippen LogP contribution in [0.2, 0.25) is 0 Å². The van der Waals surface area contributed by atoms with E-state index >= 15 is 0 Å². The van der Waals surface area contributed by atoms with Crippen LogP contribution in [0.1, 0.15) is 21.6 Å². The van der Waals surface area contributed by atoms with Crippen molar-refractivity contribution in [3.05, 3.63) is 63.6 Å². The zero-order chi connectivity index (χ0) is 15.7. The van der Waals surface area contributed by atoms with E-state index in [1.54, 1.807) is 6.07 Å². The maximum Gasteiger partial charge on any atom is 0.266 e. The fraction of sp³-hybridized carbons (Fsp3) is 0.353. The Hall–Kier alpha value is -2.43. The highest BCUT2D eigenvalue weighted by molar-refractivity contribution is 5.94. The minimum absolute atomic E-state index is 0.0597. The van der Waals surface area contributed by atoms with Gasteiger partial charge in [0.05, 0.1) is 12.2 Å². The monoisotopic (exact) mass is 297 g/mol. The van der Waals surface area contributed by atoms with Crippen molar-refractivity contribution in [3.63, 3.8) is 0 Å². The lowest BCUT2D eigenvalue weighted by molar-refractivity contribution is 0.0458. The van der Waals surface area contributed by atoms with E-state index in [0.29, 0.717) is 25.6 Å². The number of rotatable bonds is 3. The molecule has 0 N–H and O–H groups in total. The number of aryl methyl sites for hydroxylation is 2. The average Bonchev–Trinajstić information content (AvgIpc) is 2.45. The molecule has 5 nitrogen and oxygen atoms in total. The van der Waals surface area contributed by atoms with Crippen molar-refractivity contribution in [2.24, 2.45) is 5.92 Å². The van der Waals surface area contributed by atoms with Crippen molar-refractivity contribution in [2.45, 2.75) is 20.4 Å². The standard InChI is InChI=1S/C17H19N3O2/c1-12-4-3-5-15(8-12)17(22)19-9-14(10-19)11-20-16(21)7-6-13(2)18-20/h3-8,14H,9-11H2,1-2H3. The molecule has 0 atom stereocenters. The van der Waals surface area contributed by atoms with Crippen LogP contribution in [0.3, 0.4) is 0 Å². The first-order valence-corrected chi connectivity index (χ1v) is 7.43. The largest absolute Gasteiger partial charge is 0.338 e. The lowest BCUT2D eigenvalue weighted by atomic mass is 9.98. The van der Waals surface area contributed by atoms with Crippen molar-refractivity contribution >= 4 is 5.91 Å². The van der Waals surface area contributed by atoms with Crippen molar-refractivity contribution in [1.82, 2.24) is 14.7 Å². The maximum absolute atomic E-state index is 12.3. The smallest absolute Gasteiger partial charge is 0.266 e. The van der Waals surface area contributed by atoms with Crippen LogP contribution in [0.4, 0.5) is 0 Å². The summed E-state index contributed by atoms with van der Waals surface area (Å²) in [6.07, 6.45) is 0. The number of benzene rings is 1. The third-order valence-electron chi connectivity index (χ3n) is 3.94. The summed E-state index contributed by atoms with van der Waals surface area (Å²) in [5, 5.41) is 4.23. The average molecular weight is 297 g/mol. The van der Waals surface area contributed by atoms with Gasteiger partial charge < -0.3 is 4.90 Å². The van der Waals surface area contributed by atoms with Gasteiger partial charge in [-0.05, 0) is 32.0 Å². The number of nitrogens with zero attached hydrogens (tertiary/aromatic N) is 3. The molecule has 114 valence electrons. The molecule has 0 spiro atoms. The van der Waals surface area contributed by atoms with E-state index in [1.807, 2.05) is 43.0 Å². The van der Waals surface area contributed by atoms with Crippen LogP contribution in [0.25, 0.3) is 0 Å². The molecular weight excluding hydrogens is 278 g/mol. The number of amides is 1. The molecule has 22 heavy (non-hydrogen) atoms. The third-order valence-corrected chi connectivity index (χ3v) is 3.94. The number of likely N-dealkylation sites (tertiary alicyclic amines) is 1. The molecule has 0 unspecified atom stereocenters. The van der Waals surface area contributed by atoms with E-state index in [0.717, 1.165) is 16.8 Å². The zero-order valence-corrected chi connectivity index (χ0v) is 12.8.